The third-order valence-corrected chi connectivity index (χ3v) is 5.16. The monoisotopic (exact) mass is 206 g/mol. The molecule has 2 nitrogen and oxygen atoms in total. The van der Waals surface area contributed by atoms with Crippen molar-refractivity contribution >= 4 is 20.7 Å². The fraction of sp³-hybridized carbons (Fsp3) is 0.750. The normalized spacial score (nSPS) is 14.4. The summed E-state index contributed by atoms with van der Waals surface area (Å²) in [4.78, 5) is 3.48. The molecule has 0 fully saturated rings. The Bertz CT molecular complexity index is 126. The molecule has 0 bridgehead atoms. The van der Waals surface area contributed by atoms with Gasteiger partial charge >= 0.3 is 0 Å². The predicted molar refractivity (Wildman–Crippen MR) is 58.7 cm³/mol. The van der Waals surface area contributed by atoms with Gasteiger partial charge in [0.1, 0.15) is 0 Å². The SMILES string of the molecule is CCN[SiH](C=CCl)N(CC)CC. The molecule has 4 heteroatoms. The molecule has 0 aromatic carbocycles. The summed E-state index contributed by atoms with van der Waals surface area (Å²) in [5, 5.41) is 0. The van der Waals surface area contributed by atoms with Gasteiger partial charge in [0.05, 0.1) is 0 Å². The molecule has 0 aromatic rings. The molecule has 0 heterocycles. The van der Waals surface area contributed by atoms with E-state index < -0.39 is 9.12 Å². The third kappa shape index (κ3) is 4.26. The number of hydrogen-bond donors (Lipinski definition) is 1. The van der Waals surface area contributed by atoms with Crippen LogP contribution in [0.15, 0.2) is 11.2 Å². The lowest BCUT2D eigenvalue weighted by Gasteiger charge is -2.25. The molecule has 12 heavy (non-hydrogen) atoms. The minimum absolute atomic E-state index is 1.02. The lowest BCUT2D eigenvalue weighted by Crippen LogP contribution is -2.49. The lowest BCUT2D eigenvalue weighted by atomic mass is 10.7. The van der Waals surface area contributed by atoms with Crippen LogP contribution in [0.1, 0.15) is 20.8 Å². The Hall–Kier alpha value is 0.167. The van der Waals surface area contributed by atoms with Crippen LogP contribution in [0.4, 0.5) is 0 Å². The van der Waals surface area contributed by atoms with Crippen molar-refractivity contribution in [3.8, 4) is 0 Å². The minimum atomic E-state index is -1.08. The van der Waals surface area contributed by atoms with Gasteiger partial charge in [0, 0.05) is 0 Å². The number of nitrogens with zero attached hydrogens (tertiary/aromatic N) is 1. The second-order valence-electron chi connectivity index (χ2n) is 2.54. The zero-order valence-electron chi connectivity index (χ0n) is 8.18. The molecule has 1 atom stereocenters. The van der Waals surface area contributed by atoms with Gasteiger partial charge in [-0.2, -0.15) is 0 Å². The highest BCUT2D eigenvalue weighted by atomic mass is 35.5. The summed E-state index contributed by atoms with van der Waals surface area (Å²) < 4.78 is 2.45. The summed E-state index contributed by atoms with van der Waals surface area (Å²) in [5.74, 6) is 0. The number of hydrogen-bond acceptors (Lipinski definition) is 2. The van der Waals surface area contributed by atoms with Crippen LogP contribution in [-0.4, -0.2) is 33.3 Å². The standard InChI is InChI=1S/C8H19ClN2Si/c1-4-10-12(8-7-9)11(5-2)6-3/h7-8,10,12H,4-6H2,1-3H3. The van der Waals surface area contributed by atoms with Crippen molar-refractivity contribution in [2.45, 2.75) is 20.8 Å². The van der Waals surface area contributed by atoms with Gasteiger partial charge in [-0.25, -0.2) is 0 Å². The van der Waals surface area contributed by atoms with Crippen LogP contribution in [0, 0.1) is 0 Å². The van der Waals surface area contributed by atoms with Crippen molar-refractivity contribution in [1.82, 2.24) is 9.55 Å². The summed E-state index contributed by atoms with van der Waals surface area (Å²) in [6.07, 6.45) is 0. The van der Waals surface area contributed by atoms with Crippen LogP contribution in [0.2, 0.25) is 0 Å². The maximum atomic E-state index is 5.58. The maximum Gasteiger partial charge on any atom is 0.213 e. The van der Waals surface area contributed by atoms with Gasteiger partial charge in [0.25, 0.3) is 0 Å². The van der Waals surface area contributed by atoms with Gasteiger partial charge < -0.3 is 9.55 Å². The Balaban J connectivity index is 4.04. The van der Waals surface area contributed by atoms with E-state index >= 15 is 0 Å². The smallest absolute Gasteiger partial charge is 0.213 e. The van der Waals surface area contributed by atoms with E-state index in [2.05, 4.69) is 36.0 Å². The van der Waals surface area contributed by atoms with Crippen molar-refractivity contribution in [2.75, 3.05) is 19.6 Å². The van der Waals surface area contributed by atoms with Crippen LogP contribution >= 0.6 is 11.6 Å². The van der Waals surface area contributed by atoms with Crippen LogP contribution in [0.25, 0.3) is 0 Å². The van der Waals surface area contributed by atoms with E-state index in [4.69, 9.17) is 11.6 Å². The van der Waals surface area contributed by atoms with E-state index in [1.165, 1.54) is 0 Å². The Kier molecular flexibility index (Phi) is 7.91. The Morgan fingerprint density at radius 1 is 1.33 bits per heavy atom. The molecule has 0 aliphatic heterocycles. The van der Waals surface area contributed by atoms with Gasteiger partial charge in [-0.15, -0.1) is 0 Å². The zero-order valence-corrected chi connectivity index (χ0v) is 10.1. The highest BCUT2D eigenvalue weighted by Crippen LogP contribution is 1.94. The van der Waals surface area contributed by atoms with Crippen LogP contribution < -0.4 is 4.98 Å². The summed E-state index contributed by atoms with van der Waals surface area (Å²) in [7, 11) is -1.08. The molecular formula is C8H19ClN2Si. The highest BCUT2D eigenvalue weighted by Gasteiger charge is 2.12. The molecule has 0 saturated heterocycles. The van der Waals surface area contributed by atoms with E-state index in [1.807, 2.05) is 0 Å². The molecular weight excluding hydrogens is 188 g/mol. The van der Waals surface area contributed by atoms with Gasteiger partial charge in [-0.3, -0.25) is 0 Å². The summed E-state index contributed by atoms with van der Waals surface area (Å²) >= 11 is 5.58. The molecule has 0 saturated carbocycles. The Morgan fingerprint density at radius 3 is 2.25 bits per heavy atom. The molecule has 0 spiro atoms. The largest absolute Gasteiger partial charge is 0.325 e. The second-order valence-corrected chi connectivity index (χ2v) is 5.21. The van der Waals surface area contributed by atoms with Gasteiger partial charge in [-0.05, 0) is 25.2 Å². The maximum absolute atomic E-state index is 5.58. The second kappa shape index (κ2) is 7.80. The first-order valence-corrected chi connectivity index (χ1v) is 6.74. The molecule has 1 N–H and O–H groups in total. The van der Waals surface area contributed by atoms with Crippen molar-refractivity contribution in [2.24, 2.45) is 0 Å². The quantitative estimate of drug-likeness (QED) is 0.662. The molecule has 0 aliphatic carbocycles. The highest BCUT2D eigenvalue weighted by molar-refractivity contribution is 6.59. The van der Waals surface area contributed by atoms with Gasteiger partial charge in [-0.1, -0.05) is 38.1 Å². The van der Waals surface area contributed by atoms with Crippen LogP contribution in [0.5, 0.6) is 0 Å². The first-order valence-electron chi connectivity index (χ1n) is 4.54. The van der Waals surface area contributed by atoms with Crippen molar-refractivity contribution < 1.29 is 0 Å². The van der Waals surface area contributed by atoms with E-state index in [-0.39, 0.29) is 0 Å². The van der Waals surface area contributed by atoms with Crippen molar-refractivity contribution in [3.63, 3.8) is 0 Å². The van der Waals surface area contributed by atoms with Crippen LogP contribution in [-0.2, 0) is 0 Å². The van der Waals surface area contributed by atoms with E-state index in [0.29, 0.717) is 0 Å². The fourth-order valence-corrected chi connectivity index (χ4v) is 3.61. The average molecular weight is 207 g/mol. The topological polar surface area (TPSA) is 15.3 Å². The number of halogens is 1. The number of nitrogens with one attached hydrogen (secondary N) is 1. The lowest BCUT2D eigenvalue weighted by molar-refractivity contribution is 0.474. The molecule has 1 unspecified atom stereocenters. The van der Waals surface area contributed by atoms with E-state index in [1.54, 1.807) is 5.54 Å². The molecule has 0 rings (SSSR count). The average Bonchev–Trinajstić information content (AvgIpc) is 2.07. The Labute approximate surface area is 82.4 Å². The van der Waals surface area contributed by atoms with Gasteiger partial charge in [0.2, 0.25) is 9.12 Å². The minimum Gasteiger partial charge on any atom is -0.325 e. The summed E-state index contributed by atoms with van der Waals surface area (Å²) in [5.41, 5.74) is 3.75. The summed E-state index contributed by atoms with van der Waals surface area (Å²) in [6, 6.07) is 0. The summed E-state index contributed by atoms with van der Waals surface area (Å²) in [6.45, 7) is 9.72. The van der Waals surface area contributed by atoms with Gasteiger partial charge in [0.15, 0.2) is 0 Å². The first-order chi connectivity index (χ1) is 5.79. The van der Waals surface area contributed by atoms with E-state index in [0.717, 1.165) is 19.6 Å². The van der Waals surface area contributed by atoms with Crippen molar-refractivity contribution in [3.05, 3.63) is 11.2 Å². The molecule has 0 amide bonds. The molecule has 0 aliphatic rings. The molecule has 72 valence electrons. The zero-order chi connectivity index (χ0) is 9.40. The molecule has 0 radical (unpaired) electrons. The predicted octanol–water partition coefficient (Wildman–Crippen LogP) is 1.45. The first kappa shape index (κ1) is 12.2. The fourth-order valence-electron chi connectivity index (χ4n) is 1.21. The van der Waals surface area contributed by atoms with Crippen LogP contribution in [0.3, 0.4) is 0 Å². The Morgan fingerprint density at radius 2 is 1.92 bits per heavy atom. The third-order valence-electron chi connectivity index (χ3n) is 1.87. The number of rotatable bonds is 6. The van der Waals surface area contributed by atoms with E-state index in [9.17, 15) is 0 Å². The van der Waals surface area contributed by atoms with Crippen molar-refractivity contribution in [1.29, 1.82) is 0 Å². The molecule has 0 aromatic heterocycles.